The highest BCUT2D eigenvalue weighted by atomic mass is 16.3. The molecule has 2 aromatic rings. The molecule has 0 saturated heterocycles. The first-order chi connectivity index (χ1) is 5.92. The Bertz CT molecular complexity index is 388. The maximum Gasteiger partial charge on any atom is 0.0687 e. The van der Waals surface area contributed by atoms with Crippen molar-refractivity contribution in [2.45, 2.75) is 14.0 Å². The predicted octanol–water partition coefficient (Wildman–Crippen LogP) is 2.97. The second-order valence-corrected chi connectivity index (χ2v) is 2.80. The molecule has 13 heavy (non-hydrogen) atoms. The summed E-state index contributed by atoms with van der Waals surface area (Å²) in [5, 5.41) is 11.4. The van der Waals surface area contributed by atoms with Crippen molar-refractivity contribution in [1.29, 1.82) is 0 Å². The minimum Gasteiger partial charge on any atom is -0.392 e. The van der Waals surface area contributed by atoms with Gasteiger partial charge in [0.05, 0.1) is 6.61 Å². The van der Waals surface area contributed by atoms with Crippen LogP contribution in [0.25, 0.3) is 10.8 Å². The first-order valence-corrected chi connectivity index (χ1v) is 3.99. The standard InChI is InChI=1S/C11H10O.CH4/c12-8-10-6-3-5-9-4-1-2-7-11(9)10;/h1-7,12H,8H2;1H4. The Morgan fingerprint density at radius 3 is 2.38 bits per heavy atom. The summed E-state index contributed by atoms with van der Waals surface area (Å²) in [6.07, 6.45) is 0. The molecule has 1 heteroatoms. The number of aliphatic hydroxyl groups excluding tert-OH is 1. The van der Waals surface area contributed by atoms with Gasteiger partial charge >= 0.3 is 0 Å². The maximum atomic E-state index is 9.04. The first-order valence-electron chi connectivity index (χ1n) is 3.99. The molecule has 2 rings (SSSR count). The molecule has 1 N–H and O–H groups in total. The van der Waals surface area contributed by atoms with Crippen LogP contribution in [0.2, 0.25) is 0 Å². The van der Waals surface area contributed by atoms with Crippen molar-refractivity contribution in [2.24, 2.45) is 0 Å². The van der Waals surface area contributed by atoms with E-state index in [9.17, 15) is 0 Å². The largest absolute Gasteiger partial charge is 0.392 e. The average molecular weight is 174 g/mol. The van der Waals surface area contributed by atoms with Crippen molar-refractivity contribution in [3.63, 3.8) is 0 Å². The summed E-state index contributed by atoms with van der Waals surface area (Å²) in [5.41, 5.74) is 0.994. The Kier molecular flexibility index (Phi) is 3.04. The lowest BCUT2D eigenvalue weighted by Gasteiger charge is -2.01. The van der Waals surface area contributed by atoms with Crippen molar-refractivity contribution in [2.75, 3.05) is 0 Å². The highest BCUT2D eigenvalue weighted by molar-refractivity contribution is 5.85. The predicted molar refractivity (Wildman–Crippen MR) is 56.6 cm³/mol. The summed E-state index contributed by atoms with van der Waals surface area (Å²) in [6, 6.07) is 14.0. The van der Waals surface area contributed by atoms with E-state index in [0.29, 0.717) is 0 Å². The van der Waals surface area contributed by atoms with Crippen LogP contribution in [-0.4, -0.2) is 5.11 Å². The van der Waals surface area contributed by atoms with Gasteiger partial charge in [-0.25, -0.2) is 0 Å². The summed E-state index contributed by atoms with van der Waals surface area (Å²) < 4.78 is 0. The van der Waals surface area contributed by atoms with Gasteiger partial charge in [0.1, 0.15) is 0 Å². The first kappa shape index (κ1) is 9.75. The Morgan fingerprint density at radius 1 is 0.923 bits per heavy atom. The highest BCUT2D eigenvalue weighted by Gasteiger charge is 1.96. The van der Waals surface area contributed by atoms with Crippen molar-refractivity contribution in [3.8, 4) is 0 Å². The van der Waals surface area contributed by atoms with Gasteiger partial charge < -0.3 is 5.11 Å². The van der Waals surface area contributed by atoms with Crippen molar-refractivity contribution in [3.05, 3.63) is 48.0 Å². The minimum absolute atomic E-state index is 0. The Hall–Kier alpha value is -1.34. The number of hydrogen-bond donors (Lipinski definition) is 1. The lowest BCUT2D eigenvalue weighted by atomic mass is 10.1. The van der Waals surface area contributed by atoms with Crippen LogP contribution in [0, 0.1) is 0 Å². The normalized spacial score (nSPS) is 9.62. The van der Waals surface area contributed by atoms with Gasteiger partial charge in [0.25, 0.3) is 0 Å². The third kappa shape index (κ3) is 1.70. The molecule has 0 radical (unpaired) electrons. The van der Waals surface area contributed by atoms with Crippen LogP contribution in [0.4, 0.5) is 0 Å². The van der Waals surface area contributed by atoms with E-state index in [1.807, 2.05) is 30.3 Å². The molecule has 0 atom stereocenters. The van der Waals surface area contributed by atoms with Gasteiger partial charge in [-0.1, -0.05) is 49.9 Å². The Balaban J connectivity index is 0.000000845. The molecule has 0 aromatic heterocycles. The molecule has 0 amide bonds. The van der Waals surface area contributed by atoms with Crippen molar-refractivity contribution < 1.29 is 5.11 Å². The highest BCUT2D eigenvalue weighted by Crippen LogP contribution is 2.17. The third-order valence-corrected chi connectivity index (χ3v) is 2.05. The molecule has 0 aliphatic carbocycles. The smallest absolute Gasteiger partial charge is 0.0687 e. The van der Waals surface area contributed by atoms with E-state index in [1.54, 1.807) is 0 Å². The fourth-order valence-electron chi connectivity index (χ4n) is 1.43. The molecular weight excluding hydrogens is 160 g/mol. The lowest BCUT2D eigenvalue weighted by Crippen LogP contribution is -1.84. The van der Waals surface area contributed by atoms with Crippen molar-refractivity contribution >= 4 is 10.8 Å². The summed E-state index contributed by atoms with van der Waals surface area (Å²) in [4.78, 5) is 0. The average Bonchev–Trinajstić information content (AvgIpc) is 2.17. The summed E-state index contributed by atoms with van der Waals surface area (Å²) in [5.74, 6) is 0. The second kappa shape index (κ2) is 4.06. The maximum absolute atomic E-state index is 9.04. The molecule has 0 fully saturated rings. The van der Waals surface area contributed by atoms with Crippen LogP contribution < -0.4 is 0 Å². The molecule has 0 saturated carbocycles. The van der Waals surface area contributed by atoms with Gasteiger partial charge in [-0.05, 0) is 16.3 Å². The monoisotopic (exact) mass is 174 g/mol. The molecule has 0 aliphatic rings. The van der Waals surface area contributed by atoms with E-state index >= 15 is 0 Å². The van der Waals surface area contributed by atoms with Gasteiger partial charge in [0, 0.05) is 0 Å². The van der Waals surface area contributed by atoms with E-state index < -0.39 is 0 Å². The lowest BCUT2D eigenvalue weighted by molar-refractivity contribution is 0.283. The Labute approximate surface area is 78.6 Å². The van der Waals surface area contributed by atoms with E-state index in [-0.39, 0.29) is 14.0 Å². The minimum atomic E-state index is 0. The number of hydrogen-bond acceptors (Lipinski definition) is 1. The molecule has 0 aliphatic heterocycles. The topological polar surface area (TPSA) is 20.2 Å². The number of fused-ring (bicyclic) bond motifs is 1. The molecule has 1 nitrogen and oxygen atoms in total. The molecule has 0 heterocycles. The number of rotatable bonds is 1. The zero-order valence-corrected chi connectivity index (χ0v) is 6.70. The van der Waals surface area contributed by atoms with E-state index in [0.717, 1.165) is 10.9 Å². The molecule has 0 bridgehead atoms. The Morgan fingerprint density at radius 2 is 1.62 bits per heavy atom. The van der Waals surface area contributed by atoms with E-state index in [4.69, 9.17) is 5.11 Å². The van der Waals surface area contributed by atoms with Crippen LogP contribution in [0.1, 0.15) is 13.0 Å². The summed E-state index contributed by atoms with van der Waals surface area (Å²) >= 11 is 0. The molecule has 0 spiro atoms. The van der Waals surface area contributed by atoms with Crippen LogP contribution >= 0.6 is 0 Å². The SMILES string of the molecule is C.OCc1cccc2ccccc12. The van der Waals surface area contributed by atoms with Crippen LogP contribution in [0.15, 0.2) is 42.5 Å². The van der Waals surface area contributed by atoms with Crippen LogP contribution in [-0.2, 0) is 6.61 Å². The van der Waals surface area contributed by atoms with Gasteiger partial charge in [-0.15, -0.1) is 0 Å². The van der Waals surface area contributed by atoms with E-state index in [2.05, 4.69) is 12.1 Å². The molecule has 0 unspecified atom stereocenters. The zero-order valence-electron chi connectivity index (χ0n) is 6.70. The number of benzene rings is 2. The van der Waals surface area contributed by atoms with Gasteiger partial charge in [0.2, 0.25) is 0 Å². The van der Waals surface area contributed by atoms with E-state index in [1.165, 1.54) is 5.39 Å². The molecular formula is C12H14O. The second-order valence-electron chi connectivity index (χ2n) is 2.80. The van der Waals surface area contributed by atoms with Gasteiger partial charge in [-0.2, -0.15) is 0 Å². The van der Waals surface area contributed by atoms with Gasteiger partial charge in [0.15, 0.2) is 0 Å². The number of aliphatic hydroxyl groups is 1. The summed E-state index contributed by atoms with van der Waals surface area (Å²) in [6.45, 7) is 0.112. The molecule has 68 valence electrons. The van der Waals surface area contributed by atoms with Crippen LogP contribution in [0.3, 0.4) is 0 Å². The fraction of sp³-hybridized carbons (Fsp3) is 0.167. The van der Waals surface area contributed by atoms with Crippen LogP contribution in [0.5, 0.6) is 0 Å². The fourth-order valence-corrected chi connectivity index (χ4v) is 1.43. The summed E-state index contributed by atoms with van der Waals surface area (Å²) in [7, 11) is 0. The van der Waals surface area contributed by atoms with Gasteiger partial charge in [-0.3, -0.25) is 0 Å². The van der Waals surface area contributed by atoms with Crippen molar-refractivity contribution in [1.82, 2.24) is 0 Å². The molecule has 2 aromatic carbocycles. The quantitative estimate of drug-likeness (QED) is 0.704. The zero-order chi connectivity index (χ0) is 8.39. The third-order valence-electron chi connectivity index (χ3n) is 2.05.